The van der Waals surface area contributed by atoms with Gasteiger partial charge in [-0.05, 0) is 13.3 Å². The van der Waals surface area contributed by atoms with Crippen LogP contribution in [0.2, 0.25) is 0 Å². The Balaban J connectivity index is 2.39. The number of hydrogen-bond donors (Lipinski definition) is 0. The van der Waals surface area contributed by atoms with Gasteiger partial charge < -0.3 is 4.90 Å². The van der Waals surface area contributed by atoms with Gasteiger partial charge in [-0.3, -0.25) is 0 Å². The first-order valence-electron chi connectivity index (χ1n) is 4.19. The quantitative estimate of drug-likeness (QED) is 0.628. The Kier molecular flexibility index (Phi) is 3.66. The van der Waals surface area contributed by atoms with Crippen molar-refractivity contribution in [3.05, 3.63) is 0 Å². The number of nitrogens with zero attached hydrogens (tertiary/aromatic N) is 1. The van der Waals surface area contributed by atoms with Gasteiger partial charge >= 0.3 is 0 Å². The van der Waals surface area contributed by atoms with Crippen molar-refractivity contribution < 1.29 is 0 Å². The van der Waals surface area contributed by atoms with Crippen molar-refractivity contribution in [3.8, 4) is 0 Å². The molecule has 1 rings (SSSR count). The Hall–Kier alpha value is 0.240. The van der Waals surface area contributed by atoms with Gasteiger partial charge in [-0.1, -0.05) is 37.3 Å². The lowest BCUT2D eigenvalue weighted by Gasteiger charge is -2.24. The molecule has 0 aromatic heterocycles. The summed E-state index contributed by atoms with van der Waals surface area (Å²) in [6, 6.07) is 0.655. The van der Waals surface area contributed by atoms with Crippen molar-refractivity contribution in [3.63, 3.8) is 0 Å². The molecule has 0 aromatic rings. The van der Waals surface area contributed by atoms with E-state index in [4.69, 9.17) is 12.2 Å². The van der Waals surface area contributed by atoms with Gasteiger partial charge in [-0.15, -0.1) is 0 Å². The van der Waals surface area contributed by atoms with Gasteiger partial charge in [0.15, 0.2) is 0 Å². The Morgan fingerprint density at radius 2 is 2.45 bits per heavy atom. The lowest BCUT2D eigenvalue weighted by molar-refractivity contribution is 0.344. The van der Waals surface area contributed by atoms with Crippen LogP contribution in [0.25, 0.3) is 0 Å². The Morgan fingerprint density at radius 1 is 1.73 bits per heavy atom. The van der Waals surface area contributed by atoms with Crippen LogP contribution in [0.3, 0.4) is 0 Å². The van der Waals surface area contributed by atoms with Crippen LogP contribution in [-0.2, 0) is 0 Å². The van der Waals surface area contributed by atoms with Gasteiger partial charge in [0.1, 0.15) is 4.32 Å². The van der Waals surface area contributed by atoms with Gasteiger partial charge in [0.2, 0.25) is 0 Å². The summed E-state index contributed by atoms with van der Waals surface area (Å²) in [6.45, 7) is 5.65. The highest BCUT2D eigenvalue weighted by Gasteiger charge is 2.21. The maximum absolute atomic E-state index is 5.22. The van der Waals surface area contributed by atoms with Crippen LogP contribution >= 0.6 is 24.0 Å². The molecule has 0 saturated carbocycles. The second-order valence-electron chi connectivity index (χ2n) is 2.95. The second kappa shape index (κ2) is 4.31. The van der Waals surface area contributed by atoms with Crippen LogP contribution in [0.1, 0.15) is 26.7 Å². The SMILES string of the molecule is CCCC(C)N1CCSC1=S. The monoisotopic (exact) mass is 189 g/mol. The van der Waals surface area contributed by atoms with Crippen LogP contribution in [0.4, 0.5) is 0 Å². The van der Waals surface area contributed by atoms with Crippen molar-refractivity contribution in [2.24, 2.45) is 0 Å². The van der Waals surface area contributed by atoms with E-state index in [0.29, 0.717) is 6.04 Å². The third-order valence-corrected chi connectivity index (χ3v) is 3.49. The van der Waals surface area contributed by atoms with Crippen molar-refractivity contribution >= 4 is 28.3 Å². The van der Waals surface area contributed by atoms with E-state index >= 15 is 0 Å². The van der Waals surface area contributed by atoms with E-state index < -0.39 is 0 Å². The van der Waals surface area contributed by atoms with Gasteiger partial charge in [0.25, 0.3) is 0 Å². The van der Waals surface area contributed by atoms with E-state index in [-0.39, 0.29) is 0 Å². The molecular formula is C8H15NS2. The van der Waals surface area contributed by atoms with Gasteiger partial charge in [-0.25, -0.2) is 0 Å². The van der Waals surface area contributed by atoms with Gasteiger partial charge in [-0.2, -0.15) is 0 Å². The van der Waals surface area contributed by atoms with Crippen molar-refractivity contribution in [2.75, 3.05) is 12.3 Å². The molecule has 0 aliphatic carbocycles. The highest BCUT2D eigenvalue weighted by Crippen LogP contribution is 2.21. The van der Waals surface area contributed by atoms with Crippen molar-refractivity contribution in [1.29, 1.82) is 0 Å². The predicted molar refractivity (Wildman–Crippen MR) is 56.1 cm³/mol. The molecule has 0 bridgehead atoms. The van der Waals surface area contributed by atoms with E-state index in [1.807, 2.05) is 11.8 Å². The van der Waals surface area contributed by atoms with Crippen LogP contribution in [-0.4, -0.2) is 27.6 Å². The first-order chi connectivity index (χ1) is 5.25. The Bertz CT molecular complexity index is 147. The molecule has 11 heavy (non-hydrogen) atoms. The molecule has 64 valence electrons. The Morgan fingerprint density at radius 3 is 2.91 bits per heavy atom. The molecule has 0 spiro atoms. The zero-order valence-electron chi connectivity index (χ0n) is 7.17. The molecule has 1 nitrogen and oxygen atoms in total. The maximum atomic E-state index is 5.22. The smallest absolute Gasteiger partial charge is 0.136 e. The fourth-order valence-corrected chi connectivity index (χ4v) is 2.80. The minimum absolute atomic E-state index is 0.655. The second-order valence-corrected chi connectivity index (χ2v) is 4.67. The summed E-state index contributed by atoms with van der Waals surface area (Å²) in [5, 5.41) is 0. The maximum Gasteiger partial charge on any atom is 0.136 e. The molecule has 0 aromatic carbocycles. The molecule has 1 fully saturated rings. The van der Waals surface area contributed by atoms with Gasteiger partial charge in [0.05, 0.1) is 0 Å². The molecule has 1 atom stereocenters. The summed E-state index contributed by atoms with van der Waals surface area (Å²) in [7, 11) is 0. The number of thiocarbonyl (C=S) groups is 1. The molecule has 1 saturated heterocycles. The third kappa shape index (κ3) is 2.34. The molecule has 1 aliphatic heterocycles. The normalized spacial score (nSPS) is 20.9. The standard InChI is InChI=1S/C8H15NS2/c1-3-4-7(2)9-5-6-11-8(9)10/h7H,3-6H2,1-2H3. The first-order valence-corrected chi connectivity index (χ1v) is 5.58. The van der Waals surface area contributed by atoms with E-state index in [2.05, 4.69) is 18.7 Å². The number of rotatable bonds is 3. The summed E-state index contributed by atoms with van der Waals surface area (Å²) < 4.78 is 1.10. The highest BCUT2D eigenvalue weighted by molar-refractivity contribution is 8.23. The van der Waals surface area contributed by atoms with Crippen LogP contribution in [0.15, 0.2) is 0 Å². The summed E-state index contributed by atoms with van der Waals surface area (Å²) in [5.74, 6) is 1.19. The summed E-state index contributed by atoms with van der Waals surface area (Å²) in [5.41, 5.74) is 0. The largest absolute Gasteiger partial charge is 0.354 e. The minimum atomic E-state index is 0.655. The topological polar surface area (TPSA) is 3.24 Å². The molecule has 0 radical (unpaired) electrons. The predicted octanol–water partition coefficient (Wildman–Crippen LogP) is 2.51. The summed E-state index contributed by atoms with van der Waals surface area (Å²) in [4.78, 5) is 2.35. The fraction of sp³-hybridized carbons (Fsp3) is 0.875. The first kappa shape index (κ1) is 9.33. The number of thioether (sulfide) groups is 1. The molecule has 3 heteroatoms. The lowest BCUT2D eigenvalue weighted by atomic mass is 10.2. The minimum Gasteiger partial charge on any atom is -0.354 e. The van der Waals surface area contributed by atoms with Gasteiger partial charge in [0, 0.05) is 18.3 Å². The Labute approximate surface area is 78.5 Å². The van der Waals surface area contributed by atoms with E-state index in [0.717, 1.165) is 10.9 Å². The van der Waals surface area contributed by atoms with Crippen molar-refractivity contribution in [2.45, 2.75) is 32.7 Å². The number of hydrogen-bond acceptors (Lipinski definition) is 2. The van der Waals surface area contributed by atoms with Crippen LogP contribution in [0, 0.1) is 0 Å². The molecular weight excluding hydrogens is 174 g/mol. The molecule has 0 amide bonds. The average Bonchev–Trinajstić information content (AvgIpc) is 2.36. The fourth-order valence-electron chi connectivity index (χ4n) is 1.38. The van der Waals surface area contributed by atoms with Crippen LogP contribution in [0.5, 0.6) is 0 Å². The third-order valence-electron chi connectivity index (χ3n) is 2.03. The van der Waals surface area contributed by atoms with Crippen LogP contribution < -0.4 is 0 Å². The zero-order chi connectivity index (χ0) is 8.27. The molecule has 1 unspecified atom stereocenters. The molecule has 1 aliphatic rings. The molecule has 0 N–H and O–H groups in total. The lowest BCUT2D eigenvalue weighted by Crippen LogP contribution is -2.32. The van der Waals surface area contributed by atoms with E-state index in [1.165, 1.54) is 18.6 Å². The van der Waals surface area contributed by atoms with E-state index in [1.54, 1.807) is 0 Å². The van der Waals surface area contributed by atoms with E-state index in [9.17, 15) is 0 Å². The highest BCUT2D eigenvalue weighted by atomic mass is 32.2. The summed E-state index contributed by atoms with van der Waals surface area (Å²) >= 11 is 7.04. The molecule has 1 heterocycles. The zero-order valence-corrected chi connectivity index (χ0v) is 8.80. The average molecular weight is 189 g/mol. The summed E-state index contributed by atoms with van der Waals surface area (Å²) in [6.07, 6.45) is 2.52. The van der Waals surface area contributed by atoms with Crippen molar-refractivity contribution in [1.82, 2.24) is 4.90 Å².